The van der Waals surface area contributed by atoms with Crippen LogP contribution in [0, 0.1) is 6.92 Å². The van der Waals surface area contributed by atoms with Crippen molar-refractivity contribution in [2.45, 2.75) is 26.7 Å². The van der Waals surface area contributed by atoms with Crippen LogP contribution < -0.4 is 0 Å². The average molecular weight is 250 g/mol. The van der Waals surface area contributed by atoms with E-state index in [1.807, 2.05) is 0 Å². The summed E-state index contributed by atoms with van der Waals surface area (Å²) in [5.74, 6) is 0.567. The Hall–Kier alpha value is -2.09. The molecule has 0 amide bonds. The number of benzene rings is 1. The Kier molecular flexibility index (Phi) is 2.86. The minimum absolute atomic E-state index is 0.567. The fourth-order valence-corrected chi connectivity index (χ4v) is 2.28. The summed E-state index contributed by atoms with van der Waals surface area (Å²) in [7, 11) is 0. The van der Waals surface area contributed by atoms with Gasteiger partial charge in [0.1, 0.15) is 5.65 Å². The molecule has 1 aromatic carbocycles. The molecule has 0 spiro atoms. The minimum Gasteiger partial charge on any atom is -0.306 e. The van der Waals surface area contributed by atoms with Gasteiger partial charge in [0, 0.05) is 18.0 Å². The van der Waals surface area contributed by atoms with E-state index in [9.17, 15) is 0 Å². The molecule has 0 N–H and O–H groups in total. The van der Waals surface area contributed by atoms with Crippen molar-refractivity contribution in [2.75, 3.05) is 0 Å². The van der Waals surface area contributed by atoms with Crippen LogP contribution >= 0.6 is 0 Å². The van der Waals surface area contributed by atoms with Crippen molar-refractivity contribution in [3.05, 3.63) is 59.9 Å². The first-order chi connectivity index (χ1) is 9.13. The Balaban J connectivity index is 2.03. The lowest BCUT2D eigenvalue weighted by atomic mass is 10.0. The Morgan fingerprint density at radius 1 is 0.947 bits per heavy atom. The van der Waals surface area contributed by atoms with Crippen molar-refractivity contribution in [1.29, 1.82) is 0 Å². The molecule has 0 unspecified atom stereocenters. The fourth-order valence-electron chi connectivity index (χ4n) is 2.28. The molecule has 2 aromatic heterocycles. The molecule has 96 valence electrons. The summed E-state index contributed by atoms with van der Waals surface area (Å²) in [6.07, 6.45) is 4.20. The molecule has 0 bridgehead atoms. The monoisotopic (exact) mass is 250 g/mol. The lowest BCUT2D eigenvalue weighted by molar-refractivity contribution is 0.867. The van der Waals surface area contributed by atoms with E-state index in [0.717, 1.165) is 11.3 Å². The predicted molar refractivity (Wildman–Crippen MR) is 79.5 cm³/mol. The van der Waals surface area contributed by atoms with E-state index in [2.05, 4.69) is 78.9 Å². The topological polar surface area (TPSA) is 17.3 Å². The van der Waals surface area contributed by atoms with Gasteiger partial charge < -0.3 is 4.40 Å². The molecule has 0 radical (unpaired) electrons. The van der Waals surface area contributed by atoms with E-state index < -0.39 is 0 Å². The van der Waals surface area contributed by atoms with Crippen molar-refractivity contribution in [1.82, 2.24) is 9.38 Å². The van der Waals surface area contributed by atoms with E-state index in [1.54, 1.807) is 0 Å². The van der Waals surface area contributed by atoms with Crippen LogP contribution in [-0.2, 0) is 0 Å². The maximum absolute atomic E-state index is 4.66. The van der Waals surface area contributed by atoms with Gasteiger partial charge in [-0.15, -0.1) is 0 Å². The van der Waals surface area contributed by atoms with Crippen molar-refractivity contribution >= 4 is 5.65 Å². The molecule has 0 aliphatic rings. The number of aromatic nitrogens is 2. The summed E-state index contributed by atoms with van der Waals surface area (Å²) in [5, 5.41) is 0. The molecule has 0 atom stereocenters. The summed E-state index contributed by atoms with van der Waals surface area (Å²) in [5.41, 5.74) is 5.80. The van der Waals surface area contributed by atoms with Gasteiger partial charge in [0.15, 0.2) is 0 Å². The second kappa shape index (κ2) is 4.54. The number of hydrogen-bond donors (Lipinski definition) is 0. The van der Waals surface area contributed by atoms with Crippen molar-refractivity contribution in [3.8, 4) is 11.3 Å². The molecule has 2 heteroatoms. The molecule has 0 saturated heterocycles. The van der Waals surface area contributed by atoms with Crippen LogP contribution in [-0.4, -0.2) is 9.38 Å². The van der Waals surface area contributed by atoms with Crippen LogP contribution in [0.4, 0.5) is 0 Å². The minimum atomic E-state index is 0.567. The van der Waals surface area contributed by atoms with Crippen molar-refractivity contribution in [3.63, 3.8) is 0 Å². The van der Waals surface area contributed by atoms with Gasteiger partial charge in [-0.2, -0.15) is 0 Å². The molecule has 0 aliphatic carbocycles. The number of imidazole rings is 1. The highest BCUT2D eigenvalue weighted by Gasteiger charge is 2.05. The maximum atomic E-state index is 4.66. The Morgan fingerprint density at radius 2 is 1.68 bits per heavy atom. The van der Waals surface area contributed by atoms with Crippen molar-refractivity contribution in [2.24, 2.45) is 0 Å². The van der Waals surface area contributed by atoms with E-state index >= 15 is 0 Å². The second-order valence-electron chi connectivity index (χ2n) is 5.37. The van der Waals surface area contributed by atoms with Gasteiger partial charge in [-0.05, 0) is 30.0 Å². The molecular weight excluding hydrogens is 232 g/mol. The third-order valence-corrected chi connectivity index (χ3v) is 3.47. The summed E-state index contributed by atoms with van der Waals surface area (Å²) >= 11 is 0. The van der Waals surface area contributed by atoms with E-state index in [0.29, 0.717) is 5.92 Å². The molecule has 3 rings (SSSR count). The molecular formula is C17H18N2. The Labute approximate surface area is 113 Å². The maximum Gasteiger partial charge on any atom is 0.137 e. The predicted octanol–water partition coefficient (Wildman–Crippen LogP) is 4.43. The first kappa shape index (κ1) is 12.0. The quantitative estimate of drug-likeness (QED) is 0.657. The number of fused-ring (bicyclic) bond motifs is 1. The van der Waals surface area contributed by atoms with Gasteiger partial charge in [0.25, 0.3) is 0 Å². The van der Waals surface area contributed by atoms with E-state index in [1.165, 1.54) is 16.7 Å². The average Bonchev–Trinajstić information content (AvgIpc) is 2.81. The first-order valence-corrected chi connectivity index (χ1v) is 6.69. The van der Waals surface area contributed by atoms with Crippen LogP contribution in [0.5, 0.6) is 0 Å². The molecule has 19 heavy (non-hydrogen) atoms. The molecule has 0 saturated carbocycles. The number of pyridine rings is 1. The number of aryl methyl sites for hydroxylation is 1. The molecule has 0 aliphatic heterocycles. The van der Waals surface area contributed by atoms with Gasteiger partial charge in [0.05, 0.1) is 5.69 Å². The van der Waals surface area contributed by atoms with Gasteiger partial charge >= 0.3 is 0 Å². The SMILES string of the molecule is Cc1ccc2nc(-c3ccc(C(C)C)cc3)cn2c1. The second-order valence-corrected chi connectivity index (χ2v) is 5.37. The highest BCUT2D eigenvalue weighted by atomic mass is 15.0. The summed E-state index contributed by atoms with van der Waals surface area (Å²) < 4.78 is 2.08. The van der Waals surface area contributed by atoms with E-state index in [-0.39, 0.29) is 0 Å². The third-order valence-electron chi connectivity index (χ3n) is 3.47. The van der Waals surface area contributed by atoms with Crippen LogP contribution in [0.25, 0.3) is 16.9 Å². The normalized spacial score (nSPS) is 11.4. The summed E-state index contributed by atoms with van der Waals surface area (Å²) in [6, 6.07) is 12.8. The van der Waals surface area contributed by atoms with Gasteiger partial charge in [0.2, 0.25) is 0 Å². The highest BCUT2D eigenvalue weighted by Crippen LogP contribution is 2.22. The zero-order valence-electron chi connectivity index (χ0n) is 11.6. The van der Waals surface area contributed by atoms with Gasteiger partial charge in [-0.3, -0.25) is 0 Å². The number of hydrogen-bond acceptors (Lipinski definition) is 1. The Bertz CT molecular complexity index is 706. The standard InChI is InChI=1S/C17H18N2/c1-12(2)14-5-7-15(8-6-14)16-11-19-10-13(3)4-9-17(19)18-16/h4-12H,1-3H3. The van der Waals surface area contributed by atoms with Crippen molar-refractivity contribution < 1.29 is 0 Å². The van der Waals surface area contributed by atoms with Crippen LogP contribution in [0.3, 0.4) is 0 Å². The largest absolute Gasteiger partial charge is 0.306 e. The highest BCUT2D eigenvalue weighted by molar-refractivity contribution is 5.63. The van der Waals surface area contributed by atoms with Crippen LogP contribution in [0.2, 0.25) is 0 Å². The zero-order chi connectivity index (χ0) is 13.4. The van der Waals surface area contributed by atoms with Gasteiger partial charge in [-0.25, -0.2) is 4.98 Å². The molecule has 0 fully saturated rings. The number of nitrogens with zero attached hydrogens (tertiary/aromatic N) is 2. The summed E-state index contributed by atoms with van der Waals surface area (Å²) in [4.78, 5) is 4.66. The third kappa shape index (κ3) is 2.26. The molecule has 2 heterocycles. The zero-order valence-corrected chi connectivity index (χ0v) is 11.6. The van der Waals surface area contributed by atoms with Gasteiger partial charge in [-0.1, -0.05) is 44.2 Å². The first-order valence-electron chi connectivity index (χ1n) is 6.69. The fraction of sp³-hybridized carbons (Fsp3) is 0.235. The lowest BCUT2D eigenvalue weighted by Crippen LogP contribution is -1.86. The molecule has 2 nitrogen and oxygen atoms in total. The molecule has 3 aromatic rings. The number of rotatable bonds is 2. The summed E-state index contributed by atoms with van der Waals surface area (Å²) in [6.45, 7) is 6.52. The van der Waals surface area contributed by atoms with E-state index in [4.69, 9.17) is 0 Å². The van der Waals surface area contributed by atoms with Crippen LogP contribution in [0.15, 0.2) is 48.8 Å². The van der Waals surface area contributed by atoms with Crippen LogP contribution in [0.1, 0.15) is 30.9 Å². The lowest BCUT2D eigenvalue weighted by Gasteiger charge is -2.05. The smallest absolute Gasteiger partial charge is 0.137 e. The Morgan fingerprint density at radius 3 is 2.37 bits per heavy atom.